The number of nitrogens with one attached hydrogen (secondary N) is 1. The highest BCUT2D eigenvalue weighted by Crippen LogP contribution is 2.37. The predicted octanol–water partition coefficient (Wildman–Crippen LogP) is 3.03. The van der Waals surface area contributed by atoms with Gasteiger partial charge < -0.3 is 5.32 Å². The second-order valence-electron chi connectivity index (χ2n) is 5.98. The van der Waals surface area contributed by atoms with Crippen LogP contribution in [0.25, 0.3) is 0 Å². The summed E-state index contributed by atoms with van der Waals surface area (Å²) in [6.07, 6.45) is 10.1. The van der Waals surface area contributed by atoms with Gasteiger partial charge in [0.15, 0.2) is 0 Å². The molecule has 3 atom stereocenters. The summed E-state index contributed by atoms with van der Waals surface area (Å²) in [5, 5.41) is 3.43. The molecule has 0 aromatic heterocycles. The van der Waals surface area contributed by atoms with E-state index in [4.69, 9.17) is 0 Å². The summed E-state index contributed by atoms with van der Waals surface area (Å²) in [6, 6.07) is 1.75. The maximum Gasteiger partial charge on any atom is 0.0127 e. The summed E-state index contributed by atoms with van der Waals surface area (Å²) in [4.78, 5) is 2.83. The summed E-state index contributed by atoms with van der Waals surface area (Å²) in [7, 11) is 0. The van der Waals surface area contributed by atoms with E-state index in [-0.39, 0.29) is 0 Å². The van der Waals surface area contributed by atoms with Crippen LogP contribution in [0.2, 0.25) is 0 Å². The van der Waals surface area contributed by atoms with E-state index in [0.29, 0.717) is 0 Å². The number of rotatable bonds is 6. The van der Waals surface area contributed by atoms with Gasteiger partial charge in [-0.3, -0.25) is 4.90 Å². The molecule has 1 aliphatic heterocycles. The maximum absolute atomic E-state index is 3.43. The monoisotopic (exact) mass is 238 g/mol. The van der Waals surface area contributed by atoms with E-state index >= 15 is 0 Å². The molecule has 2 fully saturated rings. The molecule has 2 nitrogen and oxygen atoms in total. The van der Waals surface area contributed by atoms with Crippen molar-refractivity contribution in [1.82, 2.24) is 10.2 Å². The second-order valence-corrected chi connectivity index (χ2v) is 5.98. The third-order valence-corrected chi connectivity index (χ3v) is 4.84. The molecule has 2 aliphatic rings. The van der Waals surface area contributed by atoms with Gasteiger partial charge in [0.05, 0.1) is 0 Å². The molecule has 1 saturated heterocycles. The van der Waals surface area contributed by atoms with Crippen molar-refractivity contribution in [3.63, 3.8) is 0 Å². The summed E-state index contributed by atoms with van der Waals surface area (Å²) in [5.41, 5.74) is 0. The fourth-order valence-corrected chi connectivity index (χ4v) is 3.85. The van der Waals surface area contributed by atoms with Crippen LogP contribution in [0.5, 0.6) is 0 Å². The number of likely N-dealkylation sites (tertiary alicyclic amines) is 1. The van der Waals surface area contributed by atoms with Crippen LogP contribution in [-0.2, 0) is 0 Å². The van der Waals surface area contributed by atoms with Gasteiger partial charge in [-0.25, -0.2) is 0 Å². The number of fused-ring (bicyclic) bond motifs is 1. The number of nitrogens with zero attached hydrogens (tertiary/aromatic N) is 1. The van der Waals surface area contributed by atoms with Crippen LogP contribution >= 0.6 is 0 Å². The first kappa shape index (κ1) is 13.4. The Morgan fingerprint density at radius 3 is 2.88 bits per heavy atom. The number of hydrogen-bond acceptors (Lipinski definition) is 2. The number of hydrogen-bond donors (Lipinski definition) is 1. The first-order chi connectivity index (χ1) is 8.33. The zero-order chi connectivity index (χ0) is 12.1. The Kier molecular flexibility index (Phi) is 5.30. The van der Waals surface area contributed by atoms with Gasteiger partial charge in [0.2, 0.25) is 0 Å². The first-order valence-electron chi connectivity index (χ1n) is 7.79. The van der Waals surface area contributed by atoms with Gasteiger partial charge >= 0.3 is 0 Å². The minimum absolute atomic E-state index is 0.807. The van der Waals surface area contributed by atoms with Gasteiger partial charge in [-0.1, -0.05) is 19.8 Å². The average molecular weight is 238 g/mol. The van der Waals surface area contributed by atoms with E-state index in [2.05, 4.69) is 24.1 Å². The molecule has 2 heteroatoms. The van der Waals surface area contributed by atoms with Crippen molar-refractivity contribution in [3.05, 3.63) is 0 Å². The van der Waals surface area contributed by atoms with Crippen LogP contribution in [-0.4, -0.2) is 36.6 Å². The summed E-state index contributed by atoms with van der Waals surface area (Å²) in [6.45, 7) is 8.32. The molecule has 1 saturated carbocycles. The zero-order valence-electron chi connectivity index (χ0n) is 11.8. The van der Waals surface area contributed by atoms with Crippen molar-refractivity contribution in [2.24, 2.45) is 5.92 Å². The van der Waals surface area contributed by atoms with Gasteiger partial charge in [0, 0.05) is 12.1 Å². The zero-order valence-corrected chi connectivity index (χ0v) is 11.8. The van der Waals surface area contributed by atoms with E-state index in [1.54, 1.807) is 0 Å². The molecule has 1 aliphatic carbocycles. The maximum atomic E-state index is 3.43. The van der Waals surface area contributed by atoms with Crippen molar-refractivity contribution in [1.29, 1.82) is 0 Å². The highest BCUT2D eigenvalue weighted by Gasteiger charge is 2.37. The van der Waals surface area contributed by atoms with Crippen molar-refractivity contribution < 1.29 is 0 Å². The second kappa shape index (κ2) is 6.75. The smallest absolute Gasteiger partial charge is 0.0127 e. The largest absolute Gasteiger partial charge is 0.317 e. The third kappa shape index (κ3) is 3.45. The molecule has 1 N–H and O–H groups in total. The highest BCUT2D eigenvalue weighted by atomic mass is 15.2. The van der Waals surface area contributed by atoms with Crippen LogP contribution in [0, 0.1) is 5.92 Å². The van der Waals surface area contributed by atoms with Crippen LogP contribution < -0.4 is 5.32 Å². The molecule has 0 amide bonds. The standard InChI is InChI=1S/C15H30N2/c1-3-16-11-6-7-13(2)17-12-10-14-8-4-5-9-15(14)17/h13-16H,3-12H2,1-2H3. The minimum atomic E-state index is 0.807. The van der Waals surface area contributed by atoms with Crippen molar-refractivity contribution in [2.45, 2.75) is 70.9 Å². The Morgan fingerprint density at radius 1 is 1.24 bits per heavy atom. The summed E-state index contributed by atoms with van der Waals surface area (Å²) in [5.74, 6) is 1.04. The fraction of sp³-hybridized carbons (Fsp3) is 1.00. The Hall–Kier alpha value is -0.0800. The van der Waals surface area contributed by atoms with Gasteiger partial charge in [0.25, 0.3) is 0 Å². The lowest BCUT2D eigenvalue weighted by Crippen LogP contribution is -2.40. The average Bonchev–Trinajstić information content (AvgIpc) is 2.78. The van der Waals surface area contributed by atoms with Crippen LogP contribution in [0.4, 0.5) is 0 Å². The van der Waals surface area contributed by atoms with Gasteiger partial charge in [0.1, 0.15) is 0 Å². The van der Waals surface area contributed by atoms with Crippen molar-refractivity contribution in [2.75, 3.05) is 19.6 Å². The van der Waals surface area contributed by atoms with Gasteiger partial charge in [-0.15, -0.1) is 0 Å². The molecule has 3 unspecified atom stereocenters. The van der Waals surface area contributed by atoms with Gasteiger partial charge in [-0.2, -0.15) is 0 Å². The molecule has 0 bridgehead atoms. The molecule has 100 valence electrons. The molecular weight excluding hydrogens is 208 g/mol. The molecule has 0 spiro atoms. The predicted molar refractivity (Wildman–Crippen MR) is 74.3 cm³/mol. The molecular formula is C15H30N2. The van der Waals surface area contributed by atoms with E-state index in [1.165, 1.54) is 58.0 Å². The molecule has 17 heavy (non-hydrogen) atoms. The van der Waals surface area contributed by atoms with E-state index in [1.807, 2.05) is 0 Å². The SMILES string of the molecule is CCNCCCC(C)N1CCC2CCCCC21. The Morgan fingerprint density at radius 2 is 2.06 bits per heavy atom. The lowest BCUT2D eigenvalue weighted by Gasteiger charge is -2.35. The quantitative estimate of drug-likeness (QED) is 0.716. The first-order valence-corrected chi connectivity index (χ1v) is 7.79. The van der Waals surface area contributed by atoms with E-state index < -0.39 is 0 Å². The topological polar surface area (TPSA) is 15.3 Å². The molecule has 2 rings (SSSR count). The van der Waals surface area contributed by atoms with Gasteiger partial charge in [-0.05, 0) is 64.6 Å². The molecule has 0 aromatic rings. The lowest BCUT2D eigenvalue weighted by atomic mass is 9.85. The molecule has 0 aromatic carbocycles. The Balaban J connectivity index is 1.73. The lowest BCUT2D eigenvalue weighted by molar-refractivity contribution is 0.134. The third-order valence-electron chi connectivity index (χ3n) is 4.84. The summed E-state index contributed by atoms with van der Waals surface area (Å²) < 4.78 is 0. The molecule has 0 radical (unpaired) electrons. The van der Waals surface area contributed by atoms with E-state index in [0.717, 1.165) is 24.5 Å². The van der Waals surface area contributed by atoms with Crippen molar-refractivity contribution in [3.8, 4) is 0 Å². The highest BCUT2D eigenvalue weighted by molar-refractivity contribution is 4.91. The summed E-state index contributed by atoms with van der Waals surface area (Å²) >= 11 is 0. The van der Waals surface area contributed by atoms with Crippen LogP contribution in [0.1, 0.15) is 58.8 Å². The normalized spacial score (nSPS) is 31.4. The fourth-order valence-electron chi connectivity index (χ4n) is 3.85. The van der Waals surface area contributed by atoms with Crippen LogP contribution in [0.15, 0.2) is 0 Å². The van der Waals surface area contributed by atoms with Crippen molar-refractivity contribution >= 4 is 0 Å². The van der Waals surface area contributed by atoms with E-state index in [9.17, 15) is 0 Å². The Bertz CT molecular complexity index is 217. The Labute approximate surface area is 107 Å². The molecule has 1 heterocycles. The minimum Gasteiger partial charge on any atom is -0.317 e. The van der Waals surface area contributed by atoms with Crippen LogP contribution in [0.3, 0.4) is 0 Å².